The number of rotatable bonds is 6. The highest BCUT2D eigenvalue weighted by Crippen LogP contribution is 2.32. The number of amides is 2. The van der Waals surface area contributed by atoms with Gasteiger partial charge < -0.3 is 19.7 Å². The van der Waals surface area contributed by atoms with Gasteiger partial charge in [0, 0.05) is 18.7 Å². The van der Waals surface area contributed by atoms with E-state index in [-0.39, 0.29) is 18.6 Å². The molecule has 2 aliphatic heterocycles. The maximum absolute atomic E-state index is 12.9. The molecule has 2 heterocycles. The van der Waals surface area contributed by atoms with Gasteiger partial charge in [0.15, 0.2) is 11.5 Å². The fraction of sp³-hybridized carbons (Fsp3) is 0.333. The Morgan fingerprint density at radius 3 is 2.81 bits per heavy atom. The van der Waals surface area contributed by atoms with E-state index in [2.05, 4.69) is 5.32 Å². The Kier molecular flexibility index (Phi) is 4.71. The zero-order valence-electron chi connectivity index (χ0n) is 15.2. The molecule has 6 nitrogen and oxygen atoms in total. The maximum Gasteiger partial charge on any atom is 0.255 e. The minimum Gasteiger partial charge on any atom is -0.454 e. The highest BCUT2D eigenvalue weighted by atomic mass is 16.7. The molecule has 0 radical (unpaired) electrons. The lowest BCUT2D eigenvalue weighted by Crippen LogP contribution is -2.46. The Hall–Kier alpha value is -3.02. The first-order valence-electron chi connectivity index (χ1n) is 9.22. The quantitative estimate of drug-likeness (QED) is 0.854. The van der Waals surface area contributed by atoms with Crippen LogP contribution in [0.4, 0.5) is 0 Å². The summed E-state index contributed by atoms with van der Waals surface area (Å²) in [6.45, 7) is 3.11. The molecule has 1 atom stereocenters. The summed E-state index contributed by atoms with van der Waals surface area (Å²) in [5.41, 5.74) is 2.60. The predicted molar refractivity (Wildman–Crippen MR) is 99.4 cm³/mol. The second-order valence-corrected chi connectivity index (χ2v) is 6.80. The SMILES string of the molecule is CCC[C@@H](C(=O)NCc1ccc2c(c1)OCO2)N1Cc2ccccc2C1=O. The van der Waals surface area contributed by atoms with Crippen molar-refractivity contribution in [2.75, 3.05) is 6.79 Å². The Labute approximate surface area is 158 Å². The molecule has 4 rings (SSSR count). The van der Waals surface area contributed by atoms with Crippen molar-refractivity contribution in [2.45, 2.75) is 38.9 Å². The number of fused-ring (bicyclic) bond motifs is 2. The van der Waals surface area contributed by atoms with Gasteiger partial charge in [0.25, 0.3) is 5.91 Å². The van der Waals surface area contributed by atoms with Crippen LogP contribution in [0.1, 0.15) is 41.3 Å². The van der Waals surface area contributed by atoms with Crippen LogP contribution in [0.3, 0.4) is 0 Å². The van der Waals surface area contributed by atoms with Crippen molar-refractivity contribution in [2.24, 2.45) is 0 Å². The van der Waals surface area contributed by atoms with Gasteiger partial charge in [-0.25, -0.2) is 0 Å². The van der Waals surface area contributed by atoms with Crippen molar-refractivity contribution in [3.05, 3.63) is 59.2 Å². The molecule has 0 aromatic heterocycles. The number of nitrogens with zero attached hydrogens (tertiary/aromatic N) is 1. The minimum absolute atomic E-state index is 0.0673. The zero-order valence-corrected chi connectivity index (χ0v) is 15.2. The van der Waals surface area contributed by atoms with Gasteiger partial charge in [0.1, 0.15) is 6.04 Å². The van der Waals surface area contributed by atoms with Gasteiger partial charge >= 0.3 is 0 Å². The smallest absolute Gasteiger partial charge is 0.255 e. The van der Waals surface area contributed by atoms with Gasteiger partial charge in [-0.1, -0.05) is 37.6 Å². The van der Waals surface area contributed by atoms with Crippen molar-refractivity contribution in [3.8, 4) is 11.5 Å². The van der Waals surface area contributed by atoms with Crippen LogP contribution in [0.15, 0.2) is 42.5 Å². The summed E-state index contributed by atoms with van der Waals surface area (Å²) in [6, 6.07) is 12.7. The molecule has 0 saturated carbocycles. The zero-order chi connectivity index (χ0) is 18.8. The van der Waals surface area contributed by atoms with Crippen LogP contribution >= 0.6 is 0 Å². The van der Waals surface area contributed by atoms with E-state index in [1.807, 2.05) is 49.4 Å². The lowest BCUT2D eigenvalue weighted by atomic mass is 10.1. The average molecular weight is 366 g/mol. The minimum atomic E-state index is -0.469. The van der Waals surface area contributed by atoms with Crippen LogP contribution < -0.4 is 14.8 Å². The summed E-state index contributed by atoms with van der Waals surface area (Å²) in [4.78, 5) is 27.3. The van der Waals surface area contributed by atoms with Gasteiger partial charge in [0.2, 0.25) is 12.7 Å². The molecule has 0 bridgehead atoms. The normalized spacial score (nSPS) is 15.6. The number of carbonyl (C=O) groups excluding carboxylic acids is 2. The molecule has 27 heavy (non-hydrogen) atoms. The molecule has 2 amide bonds. The van der Waals surface area contributed by atoms with Crippen LogP contribution in [0.5, 0.6) is 11.5 Å². The summed E-state index contributed by atoms with van der Waals surface area (Å²) in [5.74, 6) is 1.21. The third-order valence-electron chi connectivity index (χ3n) is 4.99. The van der Waals surface area contributed by atoms with Gasteiger partial charge in [0.05, 0.1) is 0 Å². The number of carbonyl (C=O) groups is 2. The average Bonchev–Trinajstić information content (AvgIpc) is 3.28. The van der Waals surface area contributed by atoms with E-state index in [1.165, 1.54) is 0 Å². The van der Waals surface area contributed by atoms with E-state index in [0.717, 1.165) is 23.3 Å². The number of nitrogens with one attached hydrogen (secondary N) is 1. The van der Waals surface area contributed by atoms with Crippen LogP contribution in [0, 0.1) is 0 Å². The second kappa shape index (κ2) is 7.31. The molecule has 6 heteroatoms. The molecule has 0 spiro atoms. The van der Waals surface area contributed by atoms with Crippen molar-refractivity contribution in [1.29, 1.82) is 0 Å². The van der Waals surface area contributed by atoms with Crippen LogP contribution in [0.2, 0.25) is 0 Å². The molecule has 0 saturated heterocycles. The second-order valence-electron chi connectivity index (χ2n) is 6.80. The van der Waals surface area contributed by atoms with Crippen LogP contribution in [-0.4, -0.2) is 29.5 Å². The molecule has 2 aliphatic rings. The Morgan fingerprint density at radius 2 is 2.00 bits per heavy atom. The van der Waals surface area contributed by atoms with Crippen molar-refractivity contribution in [3.63, 3.8) is 0 Å². The fourth-order valence-corrected chi connectivity index (χ4v) is 3.59. The standard InChI is InChI=1S/C21H22N2O4/c1-2-5-17(23-12-15-6-3-4-7-16(15)21(23)25)20(24)22-11-14-8-9-18-19(10-14)27-13-26-18/h3-4,6-10,17H,2,5,11-13H2,1H3,(H,22,24)/t17-/m0/s1. The monoisotopic (exact) mass is 366 g/mol. The summed E-state index contributed by atoms with van der Waals surface area (Å²) in [6.07, 6.45) is 1.45. The Bertz CT molecular complexity index is 880. The first-order chi connectivity index (χ1) is 13.2. The van der Waals surface area contributed by atoms with Gasteiger partial charge in [-0.05, 0) is 35.7 Å². The van der Waals surface area contributed by atoms with E-state index in [0.29, 0.717) is 30.8 Å². The fourth-order valence-electron chi connectivity index (χ4n) is 3.59. The first-order valence-corrected chi connectivity index (χ1v) is 9.22. The lowest BCUT2D eigenvalue weighted by molar-refractivity contribution is -0.126. The highest BCUT2D eigenvalue weighted by Gasteiger charge is 2.35. The molecular weight excluding hydrogens is 344 g/mol. The van der Waals surface area contributed by atoms with Crippen LogP contribution in [-0.2, 0) is 17.9 Å². The molecular formula is C21H22N2O4. The maximum atomic E-state index is 12.9. The number of benzene rings is 2. The van der Waals surface area contributed by atoms with Crippen molar-refractivity contribution < 1.29 is 19.1 Å². The number of hydrogen-bond donors (Lipinski definition) is 1. The van der Waals surface area contributed by atoms with E-state index in [1.54, 1.807) is 4.90 Å². The van der Waals surface area contributed by atoms with Crippen molar-refractivity contribution >= 4 is 11.8 Å². The molecule has 140 valence electrons. The third kappa shape index (κ3) is 3.35. The van der Waals surface area contributed by atoms with E-state index < -0.39 is 6.04 Å². The molecule has 1 N–H and O–H groups in total. The molecule has 2 aromatic carbocycles. The van der Waals surface area contributed by atoms with Gasteiger partial charge in [-0.15, -0.1) is 0 Å². The summed E-state index contributed by atoms with van der Waals surface area (Å²) >= 11 is 0. The summed E-state index contributed by atoms with van der Waals surface area (Å²) < 4.78 is 10.7. The molecule has 0 fully saturated rings. The van der Waals surface area contributed by atoms with Crippen LogP contribution in [0.25, 0.3) is 0 Å². The van der Waals surface area contributed by atoms with E-state index in [9.17, 15) is 9.59 Å². The summed E-state index contributed by atoms with van der Waals surface area (Å²) in [7, 11) is 0. The molecule has 2 aromatic rings. The molecule has 0 aliphatic carbocycles. The third-order valence-corrected chi connectivity index (χ3v) is 4.99. The van der Waals surface area contributed by atoms with Crippen molar-refractivity contribution in [1.82, 2.24) is 10.2 Å². The summed E-state index contributed by atoms with van der Waals surface area (Å²) in [5, 5.41) is 2.97. The largest absolute Gasteiger partial charge is 0.454 e. The predicted octanol–water partition coefficient (Wildman–Crippen LogP) is 2.86. The number of hydrogen-bond acceptors (Lipinski definition) is 4. The lowest BCUT2D eigenvalue weighted by Gasteiger charge is -2.26. The van der Waals surface area contributed by atoms with E-state index in [4.69, 9.17) is 9.47 Å². The highest BCUT2D eigenvalue weighted by molar-refractivity contribution is 6.01. The first kappa shape index (κ1) is 17.4. The van der Waals surface area contributed by atoms with Gasteiger partial charge in [-0.2, -0.15) is 0 Å². The number of ether oxygens (including phenoxy) is 2. The topological polar surface area (TPSA) is 67.9 Å². The molecule has 0 unspecified atom stereocenters. The van der Waals surface area contributed by atoms with Gasteiger partial charge in [-0.3, -0.25) is 9.59 Å². The van der Waals surface area contributed by atoms with E-state index >= 15 is 0 Å². The Morgan fingerprint density at radius 1 is 1.19 bits per heavy atom. The Balaban J connectivity index is 1.45.